The van der Waals surface area contributed by atoms with Gasteiger partial charge in [-0.2, -0.15) is 0 Å². The molecule has 0 atom stereocenters. The highest BCUT2D eigenvalue weighted by atomic mass is 16.1. The van der Waals surface area contributed by atoms with Crippen LogP contribution in [0.1, 0.15) is 18.5 Å². The summed E-state index contributed by atoms with van der Waals surface area (Å²) >= 11 is 0. The van der Waals surface area contributed by atoms with Crippen molar-refractivity contribution in [3.05, 3.63) is 24.0 Å². The van der Waals surface area contributed by atoms with Gasteiger partial charge in [0.25, 0.3) is 0 Å². The van der Waals surface area contributed by atoms with Crippen LogP contribution in [0.4, 0.5) is 5.69 Å². The van der Waals surface area contributed by atoms with E-state index in [1.165, 1.54) is 0 Å². The molecule has 1 aromatic heterocycles. The molecule has 0 aromatic carbocycles. The van der Waals surface area contributed by atoms with E-state index in [-0.39, 0.29) is 5.91 Å². The second kappa shape index (κ2) is 2.45. The Morgan fingerprint density at radius 2 is 2.15 bits per heavy atom. The van der Waals surface area contributed by atoms with Gasteiger partial charge < -0.3 is 11.5 Å². The first kappa shape index (κ1) is 8.04. The number of amides is 1. The Bertz CT molecular complexity index is 340. The zero-order valence-electron chi connectivity index (χ0n) is 7.16. The van der Waals surface area contributed by atoms with E-state index in [4.69, 9.17) is 11.5 Å². The zero-order valence-corrected chi connectivity index (χ0v) is 7.16. The van der Waals surface area contributed by atoms with E-state index >= 15 is 0 Å². The normalized spacial score (nSPS) is 18.2. The third kappa shape index (κ3) is 1.14. The smallest absolute Gasteiger partial charge is 0.229 e. The number of rotatable bonds is 2. The van der Waals surface area contributed by atoms with Gasteiger partial charge in [-0.1, -0.05) is 0 Å². The van der Waals surface area contributed by atoms with Crippen molar-refractivity contribution in [3.8, 4) is 0 Å². The Hall–Kier alpha value is -1.58. The standard InChI is InChI=1S/C9H11N3O/c10-6-1-2-7(12-5-6)9(3-4-9)8(11)13/h1-2,5H,3-4,10H2,(H2,11,13). The second-order valence-electron chi connectivity index (χ2n) is 3.42. The van der Waals surface area contributed by atoms with Crippen molar-refractivity contribution in [1.29, 1.82) is 0 Å². The molecule has 0 bridgehead atoms. The highest BCUT2D eigenvalue weighted by Crippen LogP contribution is 2.46. The lowest BCUT2D eigenvalue weighted by molar-refractivity contribution is -0.120. The van der Waals surface area contributed by atoms with Crippen molar-refractivity contribution in [2.24, 2.45) is 5.73 Å². The Balaban J connectivity index is 2.36. The number of nitrogen functional groups attached to an aromatic ring is 1. The van der Waals surface area contributed by atoms with Crippen LogP contribution in [0.5, 0.6) is 0 Å². The maximum Gasteiger partial charge on any atom is 0.229 e. The van der Waals surface area contributed by atoms with E-state index in [1.807, 2.05) is 0 Å². The summed E-state index contributed by atoms with van der Waals surface area (Å²) < 4.78 is 0. The predicted molar refractivity (Wildman–Crippen MR) is 48.8 cm³/mol. The fourth-order valence-corrected chi connectivity index (χ4v) is 1.44. The molecule has 1 amide bonds. The average Bonchev–Trinajstić information content (AvgIpc) is 2.86. The van der Waals surface area contributed by atoms with Crippen molar-refractivity contribution in [2.75, 3.05) is 5.73 Å². The molecule has 1 saturated carbocycles. The molecule has 4 nitrogen and oxygen atoms in total. The highest BCUT2D eigenvalue weighted by molar-refractivity contribution is 5.89. The van der Waals surface area contributed by atoms with Gasteiger partial charge in [0.1, 0.15) is 0 Å². The zero-order chi connectivity index (χ0) is 9.47. The lowest BCUT2D eigenvalue weighted by atomic mass is 10.0. The summed E-state index contributed by atoms with van der Waals surface area (Å²) in [7, 11) is 0. The van der Waals surface area contributed by atoms with Gasteiger partial charge >= 0.3 is 0 Å². The maximum atomic E-state index is 11.1. The fourth-order valence-electron chi connectivity index (χ4n) is 1.44. The summed E-state index contributed by atoms with van der Waals surface area (Å²) in [5, 5.41) is 0. The Morgan fingerprint density at radius 3 is 2.54 bits per heavy atom. The predicted octanol–water partition coefficient (Wildman–Crippen LogP) is 0.181. The Kier molecular flexibility index (Phi) is 1.52. The van der Waals surface area contributed by atoms with Crippen LogP contribution in [-0.4, -0.2) is 10.9 Å². The molecular formula is C9H11N3O. The minimum Gasteiger partial charge on any atom is -0.397 e. The maximum absolute atomic E-state index is 11.1. The second-order valence-corrected chi connectivity index (χ2v) is 3.42. The van der Waals surface area contributed by atoms with Gasteiger partial charge in [0.05, 0.1) is 23.0 Å². The van der Waals surface area contributed by atoms with Crippen LogP contribution in [-0.2, 0) is 10.2 Å². The van der Waals surface area contributed by atoms with Gasteiger partial charge in [-0.05, 0) is 25.0 Å². The first-order valence-corrected chi connectivity index (χ1v) is 4.17. The monoisotopic (exact) mass is 177 g/mol. The molecule has 13 heavy (non-hydrogen) atoms. The molecule has 0 radical (unpaired) electrons. The molecular weight excluding hydrogens is 166 g/mol. The topological polar surface area (TPSA) is 82.0 Å². The SMILES string of the molecule is NC(=O)C1(c2ccc(N)cn2)CC1. The van der Waals surface area contributed by atoms with E-state index in [1.54, 1.807) is 18.3 Å². The number of pyridine rings is 1. The minimum atomic E-state index is -0.492. The van der Waals surface area contributed by atoms with E-state index < -0.39 is 5.41 Å². The summed E-state index contributed by atoms with van der Waals surface area (Å²) in [4.78, 5) is 15.2. The molecule has 2 rings (SSSR count). The number of hydrogen-bond donors (Lipinski definition) is 2. The number of carbonyl (C=O) groups is 1. The number of nitrogens with zero attached hydrogens (tertiary/aromatic N) is 1. The van der Waals surface area contributed by atoms with Crippen LogP contribution in [0.2, 0.25) is 0 Å². The molecule has 1 aromatic rings. The van der Waals surface area contributed by atoms with Crippen molar-refractivity contribution >= 4 is 11.6 Å². The minimum absolute atomic E-state index is 0.287. The van der Waals surface area contributed by atoms with E-state index in [2.05, 4.69) is 4.98 Å². The summed E-state index contributed by atoms with van der Waals surface area (Å²) in [5.74, 6) is -0.287. The number of carbonyl (C=O) groups excluding carboxylic acids is 1. The Labute approximate surface area is 75.9 Å². The summed E-state index contributed by atoms with van der Waals surface area (Å²) in [6.45, 7) is 0. The number of hydrogen-bond acceptors (Lipinski definition) is 3. The molecule has 4 N–H and O–H groups in total. The van der Waals surface area contributed by atoms with Crippen LogP contribution >= 0.6 is 0 Å². The first-order valence-electron chi connectivity index (χ1n) is 4.17. The van der Waals surface area contributed by atoms with Gasteiger partial charge in [0, 0.05) is 0 Å². The fraction of sp³-hybridized carbons (Fsp3) is 0.333. The van der Waals surface area contributed by atoms with Crippen LogP contribution in [0.25, 0.3) is 0 Å². The lowest BCUT2D eigenvalue weighted by Gasteiger charge is -2.09. The number of anilines is 1. The third-order valence-corrected chi connectivity index (χ3v) is 2.50. The van der Waals surface area contributed by atoms with Gasteiger partial charge in [0.15, 0.2) is 0 Å². The number of primary amides is 1. The van der Waals surface area contributed by atoms with Gasteiger partial charge in [-0.25, -0.2) is 0 Å². The van der Waals surface area contributed by atoms with Crippen LogP contribution in [0.15, 0.2) is 18.3 Å². The molecule has 68 valence electrons. The summed E-state index contributed by atoms with van der Waals surface area (Å²) in [6, 6.07) is 3.51. The number of aromatic nitrogens is 1. The number of nitrogens with two attached hydrogens (primary N) is 2. The van der Waals surface area contributed by atoms with Gasteiger partial charge in [-0.15, -0.1) is 0 Å². The Morgan fingerprint density at radius 1 is 1.46 bits per heavy atom. The van der Waals surface area contributed by atoms with E-state index in [0.717, 1.165) is 18.5 Å². The van der Waals surface area contributed by atoms with Crippen LogP contribution in [0.3, 0.4) is 0 Å². The molecule has 4 heteroatoms. The van der Waals surface area contributed by atoms with Crippen molar-refractivity contribution in [3.63, 3.8) is 0 Å². The summed E-state index contributed by atoms with van der Waals surface area (Å²) in [5.41, 5.74) is 11.6. The molecule has 1 fully saturated rings. The third-order valence-electron chi connectivity index (χ3n) is 2.50. The van der Waals surface area contributed by atoms with Crippen LogP contribution < -0.4 is 11.5 Å². The molecule has 0 spiro atoms. The van der Waals surface area contributed by atoms with Crippen LogP contribution in [0, 0.1) is 0 Å². The summed E-state index contributed by atoms with van der Waals surface area (Å²) in [6.07, 6.45) is 3.16. The van der Waals surface area contributed by atoms with E-state index in [0.29, 0.717) is 5.69 Å². The quantitative estimate of drug-likeness (QED) is 0.676. The van der Waals surface area contributed by atoms with Crippen molar-refractivity contribution in [1.82, 2.24) is 4.98 Å². The largest absolute Gasteiger partial charge is 0.397 e. The highest BCUT2D eigenvalue weighted by Gasteiger charge is 2.51. The molecule has 1 aliphatic carbocycles. The van der Waals surface area contributed by atoms with Gasteiger partial charge in [-0.3, -0.25) is 9.78 Å². The molecule has 0 saturated heterocycles. The van der Waals surface area contributed by atoms with Crippen molar-refractivity contribution in [2.45, 2.75) is 18.3 Å². The lowest BCUT2D eigenvalue weighted by Crippen LogP contribution is -2.29. The van der Waals surface area contributed by atoms with E-state index in [9.17, 15) is 4.79 Å². The average molecular weight is 177 g/mol. The molecule has 0 unspecified atom stereocenters. The first-order chi connectivity index (χ1) is 6.15. The molecule has 0 aliphatic heterocycles. The molecule has 1 aliphatic rings. The van der Waals surface area contributed by atoms with Gasteiger partial charge in [0.2, 0.25) is 5.91 Å². The van der Waals surface area contributed by atoms with Crippen molar-refractivity contribution < 1.29 is 4.79 Å². The molecule has 1 heterocycles.